The third-order valence-corrected chi connectivity index (χ3v) is 6.23. The SMILES string of the molecule is COC(=O)c1ccc2c(c1CBr)S(=O)(=O)CCC2(C)C. The van der Waals surface area contributed by atoms with Crippen molar-refractivity contribution in [3.63, 3.8) is 0 Å². The Labute approximate surface area is 127 Å². The summed E-state index contributed by atoms with van der Waals surface area (Å²) in [7, 11) is -2.07. The van der Waals surface area contributed by atoms with Gasteiger partial charge in [0.15, 0.2) is 9.84 Å². The molecule has 0 radical (unpaired) electrons. The minimum Gasteiger partial charge on any atom is -0.465 e. The molecule has 1 aliphatic heterocycles. The fourth-order valence-electron chi connectivity index (χ4n) is 2.58. The molecule has 6 heteroatoms. The first-order chi connectivity index (χ1) is 9.24. The number of carbonyl (C=O) groups is 1. The van der Waals surface area contributed by atoms with Gasteiger partial charge < -0.3 is 4.74 Å². The zero-order valence-electron chi connectivity index (χ0n) is 11.7. The van der Waals surface area contributed by atoms with E-state index in [0.717, 1.165) is 5.56 Å². The van der Waals surface area contributed by atoms with Crippen molar-refractivity contribution in [1.82, 2.24) is 0 Å². The van der Waals surface area contributed by atoms with Gasteiger partial charge in [0.2, 0.25) is 0 Å². The van der Waals surface area contributed by atoms with E-state index in [1.54, 1.807) is 12.1 Å². The molecule has 0 atom stereocenters. The van der Waals surface area contributed by atoms with E-state index >= 15 is 0 Å². The van der Waals surface area contributed by atoms with Gasteiger partial charge in [0.05, 0.1) is 23.3 Å². The molecule has 0 saturated carbocycles. The molecule has 1 aromatic carbocycles. The molecular formula is C14H17BrO4S. The molecule has 2 rings (SSSR count). The number of hydrogen-bond acceptors (Lipinski definition) is 4. The maximum absolute atomic E-state index is 12.4. The Morgan fingerprint density at radius 3 is 2.60 bits per heavy atom. The van der Waals surface area contributed by atoms with Crippen LogP contribution in [0.15, 0.2) is 17.0 Å². The van der Waals surface area contributed by atoms with Gasteiger partial charge >= 0.3 is 5.97 Å². The summed E-state index contributed by atoms with van der Waals surface area (Å²) in [5, 5.41) is 0.302. The Morgan fingerprint density at radius 1 is 1.40 bits per heavy atom. The van der Waals surface area contributed by atoms with Crippen LogP contribution in [0, 0.1) is 0 Å². The Morgan fingerprint density at radius 2 is 2.05 bits per heavy atom. The first-order valence-electron chi connectivity index (χ1n) is 6.28. The Hall–Kier alpha value is -0.880. The molecule has 0 N–H and O–H groups in total. The summed E-state index contributed by atoms with van der Waals surface area (Å²) in [6, 6.07) is 3.40. The summed E-state index contributed by atoms with van der Waals surface area (Å²) < 4.78 is 29.6. The molecule has 0 bridgehead atoms. The van der Waals surface area contributed by atoms with Crippen molar-refractivity contribution < 1.29 is 17.9 Å². The molecule has 20 heavy (non-hydrogen) atoms. The van der Waals surface area contributed by atoms with Crippen molar-refractivity contribution in [2.45, 2.75) is 35.9 Å². The molecule has 0 amide bonds. The first-order valence-corrected chi connectivity index (χ1v) is 9.05. The number of hydrogen-bond donors (Lipinski definition) is 0. The summed E-state index contributed by atoms with van der Waals surface area (Å²) in [5.74, 6) is -0.404. The largest absolute Gasteiger partial charge is 0.465 e. The van der Waals surface area contributed by atoms with Crippen LogP contribution >= 0.6 is 15.9 Å². The maximum atomic E-state index is 12.4. The van der Waals surface area contributed by atoms with E-state index in [9.17, 15) is 13.2 Å². The Balaban J connectivity index is 2.84. The molecule has 1 aromatic rings. The number of halogens is 1. The van der Waals surface area contributed by atoms with Crippen molar-refractivity contribution in [1.29, 1.82) is 0 Å². The van der Waals surface area contributed by atoms with E-state index in [4.69, 9.17) is 4.74 Å². The summed E-state index contributed by atoms with van der Waals surface area (Å²) in [6.45, 7) is 4.05. The molecule has 0 saturated heterocycles. The summed E-state index contributed by atoms with van der Waals surface area (Å²) in [4.78, 5) is 12.1. The molecule has 1 heterocycles. The number of ether oxygens (including phenoxy) is 1. The van der Waals surface area contributed by atoms with Crippen molar-refractivity contribution >= 4 is 31.7 Å². The zero-order valence-corrected chi connectivity index (χ0v) is 14.1. The van der Waals surface area contributed by atoms with E-state index in [1.165, 1.54) is 7.11 Å². The Bertz CT molecular complexity index is 662. The van der Waals surface area contributed by atoms with E-state index in [-0.39, 0.29) is 11.2 Å². The highest BCUT2D eigenvalue weighted by Crippen LogP contribution is 2.41. The number of carbonyl (C=O) groups excluding carboxylic acids is 1. The second-order valence-electron chi connectivity index (χ2n) is 5.55. The number of esters is 1. The van der Waals surface area contributed by atoms with Crippen LogP contribution in [0.3, 0.4) is 0 Å². The van der Waals surface area contributed by atoms with E-state index < -0.39 is 15.8 Å². The number of alkyl halides is 1. The third-order valence-electron chi connectivity index (χ3n) is 3.84. The molecule has 0 unspecified atom stereocenters. The van der Waals surface area contributed by atoms with Gasteiger partial charge in [-0.25, -0.2) is 13.2 Å². The molecule has 4 nitrogen and oxygen atoms in total. The predicted molar refractivity (Wildman–Crippen MR) is 80.1 cm³/mol. The number of benzene rings is 1. The monoisotopic (exact) mass is 360 g/mol. The van der Waals surface area contributed by atoms with Crippen LogP contribution in [-0.4, -0.2) is 27.2 Å². The minimum absolute atomic E-state index is 0.109. The number of rotatable bonds is 2. The van der Waals surface area contributed by atoms with Gasteiger partial charge in [0.25, 0.3) is 0 Å². The topological polar surface area (TPSA) is 60.4 Å². The predicted octanol–water partition coefficient (Wildman–Crippen LogP) is 2.82. The third kappa shape index (κ3) is 2.39. The maximum Gasteiger partial charge on any atom is 0.338 e. The van der Waals surface area contributed by atoms with Gasteiger partial charge in [0, 0.05) is 5.33 Å². The van der Waals surface area contributed by atoms with Crippen molar-refractivity contribution in [3.05, 3.63) is 28.8 Å². The number of sulfone groups is 1. The zero-order chi connectivity index (χ0) is 15.1. The van der Waals surface area contributed by atoms with Gasteiger partial charge in [-0.3, -0.25) is 0 Å². The average molecular weight is 361 g/mol. The summed E-state index contributed by atoms with van der Waals surface area (Å²) in [5.41, 5.74) is 1.38. The average Bonchev–Trinajstić information content (AvgIpc) is 2.41. The molecule has 1 aliphatic rings. The van der Waals surface area contributed by atoms with Crippen LogP contribution in [0.5, 0.6) is 0 Å². The summed E-state index contributed by atoms with van der Waals surface area (Å²) in [6.07, 6.45) is 0.585. The van der Waals surface area contributed by atoms with Gasteiger partial charge in [-0.05, 0) is 29.0 Å². The smallest absolute Gasteiger partial charge is 0.338 e. The molecule has 0 aromatic heterocycles. The fourth-order valence-corrected chi connectivity index (χ4v) is 5.56. The lowest BCUT2D eigenvalue weighted by Gasteiger charge is -2.33. The molecule has 0 spiro atoms. The lowest BCUT2D eigenvalue weighted by atomic mass is 9.80. The van der Waals surface area contributed by atoms with Crippen molar-refractivity contribution in [2.75, 3.05) is 12.9 Å². The van der Waals surface area contributed by atoms with Gasteiger partial charge in [0.1, 0.15) is 0 Å². The lowest BCUT2D eigenvalue weighted by Crippen LogP contribution is -2.32. The van der Waals surface area contributed by atoms with E-state index in [0.29, 0.717) is 27.8 Å². The van der Waals surface area contributed by atoms with E-state index in [1.807, 2.05) is 13.8 Å². The molecule has 0 fully saturated rings. The molecule has 110 valence electrons. The van der Waals surface area contributed by atoms with Gasteiger partial charge in [-0.1, -0.05) is 35.8 Å². The first kappa shape index (κ1) is 15.5. The quantitative estimate of drug-likeness (QED) is 0.600. The second-order valence-corrected chi connectivity index (χ2v) is 8.15. The Kier molecular flexibility index (Phi) is 3.99. The second kappa shape index (κ2) is 5.15. The summed E-state index contributed by atoms with van der Waals surface area (Å²) >= 11 is 3.30. The van der Waals surface area contributed by atoms with Crippen LogP contribution < -0.4 is 0 Å². The normalized spacial score (nSPS) is 19.2. The lowest BCUT2D eigenvalue weighted by molar-refractivity contribution is 0.0599. The minimum atomic E-state index is -3.36. The van der Waals surface area contributed by atoms with Crippen LogP contribution in [0.4, 0.5) is 0 Å². The van der Waals surface area contributed by atoms with Crippen LogP contribution in [-0.2, 0) is 25.3 Å². The highest BCUT2D eigenvalue weighted by molar-refractivity contribution is 9.08. The standard InChI is InChI=1S/C14H17BrO4S/c1-14(2)6-7-20(17,18)12-10(8-15)9(13(16)19-3)4-5-11(12)14/h4-5H,6-8H2,1-3H3. The van der Waals surface area contributed by atoms with Crippen LogP contribution in [0.25, 0.3) is 0 Å². The van der Waals surface area contributed by atoms with Crippen molar-refractivity contribution in [3.8, 4) is 0 Å². The molecular weight excluding hydrogens is 344 g/mol. The number of fused-ring (bicyclic) bond motifs is 1. The fraction of sp³-hybridized carbons (Fsp3) is 0.500. The van der Waals surface area contributed by atoms with Crippen LogP contribution in [0.1, 0.15) is 41.8 Å². The van der Waals surface area contributed by atoms with Crippen LogP contribution in [0.2, 0.25) is 0 Å². The highest BCUT2D eigenvalue weighted by Gasteiger charge is 2.38. The van der Waals surface area contributed by atoms with E-state index in [2.05, 4.69) is 15.9 Å². The highest BCUT2D eigenvalue weighted by atomic mass is 79.9. The number of methoxy groups -OCH3 is 1. The molecule has 0 aliphatic carbocycles. The van der Waals surface area contributed by atoms with Crippen molar-refractivity contribution in [2.24, 2.45) is 0 Å². The van der Waals surface area contributed by atoms with Gasteiger partial charge in [-0.2, -0.15) is 0 Å². The van der Waals surface area contributed by atoms with Gasteiger partial charge in [-0.15, -0.1) is 0 Å².